The molecule has 1 saturated heterocycles. The highest BCUT2D eigenvalue weighted by Gasteiger charge is 2.52. The molecule has 2 aromatic rings. The smallest absolute Gasteiger partial charge is 0.303 e. The Kier molecular flexibility index (Phi) is 7.92. The molecule has 5 atom stereocenters. The van der Waals surface area contributed by atoms with E-state index in [1.165, 1.54) is 13.8 Å². The highest BCUT2D eigenvalue weighted by Crippen LogP contribution is 2.38. The molecule has 0 radical (unpaired) electrons. The lowest BCUT2D eigenvalue weighted by Gasteiger charge is -2.43. The topological polar surface area (TPSA) is 140 Å². The van der Waals surface area contributed by atoms with Crippen LogP contribution in [0.5, 0.6) is 0 Å². The standard InChI is InChI=1S/C21H23NO10S/c1-10(23)27-9-16-17(28-11(2)24)18(29-12(3)25)19(30-13(4)26)20(31-16)33-21-22-14-7-5-6-8-15(14)32-21/h5-8,16-20H,9H2,1-4H3/t16-,17-,18+,19-,20+/m1/s1. The van der Waals surface area contributed by atoms with Crippen molar-refractivity contribution in [2.75, 3.05) is 6.61 Å². The summed E-state index contributed by atoms with van der Waals surface area (Å²) < 4.78 is 33.0. The normalized spacial score (nSPS) is 24.7. The lowest BCUT2D eigenvalue weighted by Crippen LogP contribution is -2.61. The fourth-order valence-corrected chi connectivity index (χ4v) is 4.31. The number of hydrogen-bond donors (Lipinski definition) is 0. The molecule has 1 aliphatic rings. The minimum atomic E-state index is -1.24. The molecular weight excluding hydrogens is 458 g/mol. The molecule has 0 N–H and O–H groups in total. The summed E-state index contributed by atoms with van der Waals surface area (Å²) in [6.45, 7) is 4.41. The number of rotatable bonds is 7. The van der Waals surface area contributed by atoms with Gasteiger partial charge >= 0.3 is 23.9 Å². The maximum atomic E-state index is 11.9. The highest BCUT2D eigenvalue weighted by molar-refractivity contribution is 7.99. The maximum Gasteiger partial charge on any atom is 0.303 e. The largest absolute Gasteiger partial charge is 0.463 e. The number of para-hydroxylation sites is 2. The summed E-state index contributed by atoms with van der Waals surface area (Å²) >= 11 is 0.981. The Morgan fingerprint density at radius 1 is 0.879 bits per heavy atom. The molecule has 1 aromatic heterocycles. The molecule has 178 valence electrons. The molecule has 12 heteroatoms. The number of benzene rings is 1. The lowest BCUT2D eigenvalue weighted by atomic mass is 9.99. The van der Waals surface area contributed by atoms with Crippen LogP contribution >= 0.6 is 11.8 Å². The third kappa shape index (κ3) is 6.45. The first-order valence-electron chi connectivity index (χ1n) is 9.96. The van der Waals surface area contributed by atoms with E-state index in [1.807, 2.05) is 0 Å². The van der Waals surface area contributed by atoms with Crippen LogP contribution in [0.25, 0.3) is 11.1 Å². The second-order valence-corrected chi connectivity index (χ2v) is 8.18. The molecular formula is C21H23NO10S. The third-order valence-electron chi connectivity index (χ3n) is 4.44. The first kappa shape index (κ1) is 24.5. The van der Waals surface area contributed by atoms with Crippen molar-refractivity contribution in [1.82, 2.24) is 4.98 Å². The van der Waals surface area contributed by atoms with Gasteiger partial charge in [0, 0.05) is 27.7 Å². The number of hydrogen-bond acceptors (Lipinski definition) is 12. The van der Waals surface area contributed by atoms with Crippen molar-refractivity contribution in [3.63, 3.8) is 0 Å². The lowest BCUT2D eigenvalue weighted by molar-refractivity contribution is -0.237. The Bertz CT molecular complexity index is 1000. The van der Waals surface area contributed by atoms with Crippen LogP contribution in [-0.4, -0.2) is 65.3 Å². The van der Waals surface area contributed by atoms with Crippen molar-refractivity contribution in [2.24, 2.45) is 0 Å². The van der Waals surface area contributed by atoms with Gasteiger partial charge in [0.05, 0.1) is 0 Å². The van der Waals surface area contributed by atoms with Gasteiger partial charge in [-0.2, -0.15) is 0 Å². The molecule has 2 heterocycles. The van der Waals surface area contributed by atoms with Crippen molar-refractivity contribution in [3.8, 4) is 0 Å². The van der Waals surface area contributed by atoms with Gasteiger partial charge in [0.1, 0.15) is 18.2 Å². The number of thioether (sulfide) groups is 1. The average Bonchev–Trinajstić information content (AvgIpc) is 3.12. The average molecular weight is 481 g/mol. The zero-order valence-corrected chi connectivity index (χ0v) is 19.2. The van der Waals surface area contributed by atoms with Gasteiger partial charge in [-0.25, -0.2) is 4.98 Å². The van der Waals surface area contributed by atoms with E-state index in [0.717, 1.165) is 25.6 Å². The van der Waals surface area contributed by atoms with Gasteiger partial charge in [-0.3, -0.25) is 19.2 Å². The van der Waals surface area contributed by atoms with Crippen LogP contribution in [0.3, 0.4) is 0 Å². The van der Waals surface area contributed by atoms with Gasteiger partial charge in [-0.05, 0) is 23.9 Å². The summed E-state index contributed by atoms with van der Waals surface area (Å²) in [5.74, 6) is -2.66. The Morgan fingerprint density at radius 2 is 1.48 bits per heavy atom. The van der Waals surface area contributed by atoms with Crippen LogP contribution in [0.2, 0.25) is 0 Å². The quantitative estimate of drug-likeness (QED) is 0.422. The number of nitrogens with zero attached hydrogens (tertiary/aromatic N) is 1. The maximum absolute atomic E-state index is 11.9. The fourth-order valence-electron chi connectivity index (χ4n) is 3.28. The molecule has 0 aliphatic carbocycles. The number of carbonyl (C=O) groups is 4. The summed E-state index contributed by atoms with van der Waals surface area (Å²) in [6.07, 6.45) is -4.68. The van der Waals surface area contributed by atoms with E-state index in [4.69, 9.17) is 28.1 Å². The van der Waals surface area contributed by atoms with Crippen LogP contribution in [0.15, 0.2) is 33.9 Å². The van der Waals surface area contributed by atoms with E-state index < -0.39 is 53.7 Å². The molecule has 1 aromatic carbocycles. The molecule has 1 aliphatic heterocycles. The molecule has 0 spiro atoms. The minimum absolute atomic E-state index is 0.206. The van der Waals surface area contributed by atoms with Gasteiger partial charge < -0.3 is 28.1 Å². The Morgan fingerprint density at radius 3 is 2.09 bits per heavy atom. The number of oxazole rings is 1. The zero-order chi connectivity index (χ0) is 24.1. The number of fused-ring (bicyclic) bond motifs is 1. The Labute approximate surface area is 193 Å². The predicted molar refractivity (Wildman–Crippen MR) is 112 cm³/mol. The number of aromatic nitrogens is 1. The van der Waals surface area contributed by atoms with E-state index >= 15 is 0 Å². The van der Waals surface area contributed by atoms with E-state index in [0.29, 0.717) is 11.1 Å². The van der Waals surface area contributed by atoms with Crippen molar-refractivity contribution in [1.29, 1.82) is 0 Å². The summed E-state index contributed by atoms with van der Waals surface area (Å²) in [4.78, 5) is 51.2. The molecule has 11 nitrogen and oxygen atoms in total. The SMILES string of the molecule is CC(=O)OC[C@H]1O[C@@H](Sc2nc3ccccc3o2)[C@H](OC(C)=O)[C@@H](OC(C)=O)[C@@H]1OC(C)=O. The molecule has 0 saturated carbocycles. The number of esters is 4. The molecule has 0 unspecified atom stereocenters. The minimum Gasteiger partial charge on any atom is -0.463 e. The zero-order valence-electron chi connectivity index (χ0n) is 18.3. The molecule has 0 bridgehead atoms. The molecule has 1 fully saturated rings. The van der Waals surface area contributed by atoms with E-state index in [9.17, 15) is 19.2 Å². The Balaban J connectivity index is 1.98. The fraction of sp³-hybridized carbons (Fsp3) is 0.476. The first-order chi connectivity index (χ1) is 15.6. The molecule has 33 heavy (non-hydrogen) atoms. The van der Waals surface area contributed by atoms with Crippen LogP contribution in [0.1, 0.15) is 27.7 Å². The molecule has 3 rings (SSSR count). The van der Waals surface area contributed by atoms with Gasteiger partial charge in [0.15, 0.2) is 29.3 Å². The third-order valence-corrected chi connectivity index (χ3v) is 5.43. The first-order valence-corrected chi connectivity index (χ1v) is 10.8. The van der Waals surface area contributed by atoms with Gasteiger partial charge in [-0.15, -0.1) is 0 Å². The van der Waals surface area contributed by atoms with Crippen molar-refractivity contribution >= 4 is 46.7 Å². The van der Waals surface area contributed by atoms with Gasteiger partial charge in [0.2, 0.25) is 0 Å². The summed E-state index contributed by atoms with van der Waals surface area (Å²) in [5.41, 5.74) is 0.134. The van der Waals surface area contributed by atoms with E-state index in [2.05, 4.69) is 4.98 Å². The van der Waals surface area contributed by atoms with Crippen molar-refractivity contribution in [3.05, 3.63) is 24.3 Å². The van der Waals surface area contributed by atoms with Crippen LogP contribution in [-0.2, 0) is 42.9 Å². The van der Waals surface area contributed by atoms with Crippen molar-refractivity contribution < 1.29 is 47.3 Å². The van der Waals surface area contributed by atoms with Gasteiger partial charge in [0.25, 0.3) is 5.22 Å². The highest BCUT2D eigenvalue weighted by atomic mass is 32.2. The van der Waals surface area contributed by atoms with Crippen molar-refractivity contribution in [2.45, 2.75) is 62.8 Å². The molecule has 0 amide bonds. The van der Waals surface area contributed by atoms with Crippen LogP contribution in [0, 0.1) is 0 Å². The van der Waals surface area contributed by atoms with E-state index in [-0.39, 0.29) is 11.8 Å². The second kappa shape index (κ2) is 10.7. The summed E-state index contributed by atoms with van der Waals surface area (Å²) in [5, 5.41) is 0.206. The van der Waals surface area contributed by atoms with Gasteiger partial charge in [-0.1, -0.05) is 12.1 Å². The number of carbonyl (C=O) groups excluding carboxylic acids is 4. The second-order valence-electron chi connectivity index (χ2n) is 7.13. The monoisotopic (exact) mass is 481 g/mol. The number of ether oxygens (including phenoxy) is 5. The van der Waals surface area contributed by atoms with Crippen LogP contribution in [0.4, 0.5) is 0 Å². The van der Waals surface area contributed by atoms with E-state index in [1.54, 1.807) is 24.3 Å². The summed E-state index contributed by atoms with van der Waals surface area (Å²) in [7, 11) is 0. The Hall–Kier alpha value is -3.12. The predicted octanol–water partition coefficient (Wildman–Crippen LogP) is 2.00. The summed E-state index contributed by atoms with van der Waals surface area (Å²) in [6, 6.07) is 7.08. The van der Waals surface area contributed by atoms with Crippen LogP contribution < -0.4 is 0 Å².